The lowest BCUT2D eigenvalue weighted by Crippen LogP contribution is -2.16. The molecule has 1 aromatic heterocycles. The number of halogens is 4. The van der Waals surface area contributed by atoms with Gasteiger partial charge in [-0.15, -0.1) is 0 Å². The normalized spacial score (nSPS) is 14.3. The highest BCUT2D eigenvalue weighted by Crippen LogP contribution is 2.33. The van der Waals surface area contributed by atoms with Crippen LogP contribution in [0.15, 0.2) is 24.3 Å². The summed E-state index contributed by atoms with van der Waals surface area (Å²) < 4.78 is 52.3. The Morgan fingerprint density at radius 3 is 2.67 bits per heavy atom. The van der Waals surface area contributed by atoms with Gasteiger partial charge in [-0.25, -0.2) is 14.4 Å². The van der Waals surface area contributed by atoms with Crippen LogP contribution in [0, 0.1) is 5.82 Å². The molecule has 110 valence electrons. The summed E-state index contributed by atoms with van der Waals surface area (Å²) in [6.07, 6.45) is -4.45. The SMILES string of the molecule is Fc1cccc(Cc2nc3c(c(C(F)(F)F)n2)CNC3)c1. The van der Waals surface area contributed by atoms with Gasteiger partial charge in [0.15, 0.2) is 5.69 Å². The fourth-order valence-corrected chi connectivity index (χ4v) is 2.36. The van der Waals surface area contributed by atoms with Crippen LogP contribution in [0.25, 0.3) is 0 Å². The zero-order chi connectivity index (χ0) is 15.0. The highest BCUT2D eigenvalue weighted by molar-refractivity contribution is 5.32. The van der Waals surface area contributed by atoms with Gasteiger partial charge in [-0.1, -0.05) is 12.1 Å². The molecule has 0 fully saturated rings. The third-order valence-corrected chi connectivity index (χ3v) is 3.25. The third kappa shape index (κ3) is 2.87. The van der Waals surface area contributed by atoms with Crippen molar-refractivity contribution in [3.8, 4) is 0 Å². The summed E-state index contributed by atoms with van der Waals surface area (Å²) in [5, 5.41) is 2.84. The standard InChI is InChI=1S/C14H11F4N3/c15-9-3-1-2-8(4-9)5-12-20-11-7-19-6-10(11)13(21-12)14(16,17)18/h1-4,19H,5-7H2. The monoisotopic (exact) mass is 297 g/mol. The second kappa shape index (κ2) is 5.07. The first-order valence-electron chi connectivity index (χ1n) is 6.34. The molecule has 0 spiro atoms. The van der Waals surface area contributed by atoms with E-state index in [1.807, 2.05) is 0 Å². The first kappa shape index (κ1) is 13.9. The molecule has 0 atom stereocenters. The Bertz CT molecular complexity index is 682. The lowest BCUT2D eigenvalue weighted by atomic mass is 10.1. The molecule has 0 bridgehead atoms. The molecule has 21 heavy (non-hydrogen) atoms. The fourth-order valence-electron chi connectivity index (χ4n) is 2.36. The van der Waals surface area contributed by atoms with Crippen molar-refractivity contribution in [3.63, 3.8) is 0 Å². The summed E-state index contributed by atoms with van der Waals surface area (Å²) in [6.45, 7) is 0.404. The number of fused-ring (bicyclic) bond motifs is 1. The highest BCUT2D eigenvalue weighted by atomic mass is 19.4. The number of hydrogen-bond donors (Lipinski definition) is 1. The molecule has 0 radical (unpaired) electrons. The lowest BCUT2D eigenvalue weighted by Gasteiger charge is -2.12. The van der Waals surface area contributed by atoms with Crippen molar-refractivity contribution in [1.29, 1.82) is 0 Å². The first-order valence-corrected chi connectivity index (χ1v) is 6.34. The average molecular weight is 297 g/mol. The number of aromatic nitrogens is 2. The summed E-state index contributed by atoms with van der Waals surface area (Å²) >= 11 is 0. The van der Waals surface area contributed by atoms with Gasteiger partial charge in [0.2, 0.25) is 0 Å². The van der Waals surface area contributed by atoms with E-state index in [4.69, 9.17) is 0 Å². The number of benzene rings is 1. The Morgan fingerprint density at radius 2 is 1.95 bits per heavy atom. The van der Waals surface area contributed by atoms with Crippen LogP contribution in [0.3, 0.4) is 0 Å². The molecule has 2 aromatic rings. The predicted molar refractivity (Wildman–Crippen MR) is 66.8 cm³/mol. The Kier molecular flexibility index (Phi) is 3.36. The summed E-state index contributed by atoms with van der Waals surface area (Å²) in [7, 11) is 0. The van der Waals surface area contributed by atoms with E-state index in [0.717, 1.165) is 0 Å². The molecule has 2 heterocycles. The van der Waals surface area contributed by atoms with Crippen LogP contribution in [0.1, 0.15) is 28.3 Å². The molecular formula is C14H11F4N3. The van der Waals surface area contributed by atoms with E-state index in [2.05, 4.69) is 15.3 Å². The van der Waals surface area contributed by atoms with Gasteiger partial charge in [-0.3, -0.25) is 0 Å². The third-order valence-electron chi connectivity index (χ3n) is 3.25. The Morgan fingerprint density at radius 1 is 1.14 bits per heavy atom. The Balaban J connectivity index is 2.00. The van der Waals surface area contributed by atoms with Gasteiger partial charge in [0.1, 0.15) is 11.6 Å². The number of alkyl halides is 3. The molecule has 1 aliphatic heterocycles. The molecule has 1 aliphatic rings. The zero-order valence-electron chi connectivity index (χ0n) is 10.8. The van der Waals surface area contributed by atoms with Gasteiger partial charge in [-0.05, 0) is 17.7 Å². The van der Waals surface area contributed by atoms with Gasteiger partial charge in [-0.2, -0.15) is 13.2 Å². The van der Waals surface area contributed by atoms with Crippen molar-refractivity contribution < 1.29 is 17.6 Å². The number of nitrogens with one attached hydrogen (secondary N) is 1. The molecule has 3 rings (SSSR count). The van der Waals surface area contributed by atoms with E-state index in [1.54, 1.807) is 6.07 Å². The summed E-state index contributed by atoms with van der Waals surface area (Å²) in [6, 6.07) is 5.68. The minimum absolute atomic E-state index is 0.0513. The van der Waals surface area contributed by atoms with Crippen LogP contribution in [0.2, 0.25) is 0 Å². The smallest absolute Gasteiger partial charge is 0.307 e. The molecule has 3 nitrogen and oxygen atoms in total. The van der Waals surface area contributed by atoms with Crippen molar-refractivity contribution in [2.24, 2.45) is 0 Å². The molecule has 1 N–H and O–H groups in total. The first-order chi connectivity index (χ1) is 9.93. The number of nitrogens with zero attached hydrogens (tertiary/aromatic N) is 2. The Hall–Kier alpha value is -2.02. The molecule has 7 heteroatoms. The van der Waals surface area contributed by atoms with Gasteiger partial charge in [0.05, 0.1) is 5.69 Å². The van der Waals surface area contributed by atoms with E-state index in [9.17, 15) is 17.6 Å². The van der Waals surface area contributed by atoms with Crippen LogP contribution in [-0.4, -0.2) is 9.97 Å². The van der Waals surface area contributed by atoms with E-state index in [0.29, 0.717) is 11.3 Å². The summed E-state index contributed by atoms with van der Waals surface area (Å²) in [4.78, 5) is 7.80. The molecule has 0 amide bonds. The van der Waals surface area contributed by atoms with E-state index in [1.165, 1.54) is 18.2 Å². The van der Waals surface area contributed by atoms with Gasteiger partial charge in [0, 0.05) is 25.1 Å². The largest absolute Gasteiger partial charge is 0.433 e. The molecule has 0 unspecified atom stereocenters. The van der Waals surface area contributed by atoms with Gasteiger partial charge < -0.3 is 5.32 Å². The van der Waals surface area contributed by atoms with Gasteiger partial charge >= 0.3 is 6.18 Å². The molecular weight excluding hydrogens is 286 g/mol. The van der Waals surface area contributed by atoms with Crippen molar-refractivity contribution in [2.75, 3.05) is 0 Å². The zero-order valence-corrected chi connectivity index (χ0v) is 10.8. The maximum atomic E-state index is 13.1. The maximum absolute atomic E-state index is 13.1. The van der Waals surface area contributed by atoms with Crippen molar-refractivity contribution >= 4 is 0 Å². The number of hydrogen-bond acceptors (Lipinski definition) is 3. The van der Waals surface area contributed by atoms with Crippen LogP contribution >= 0.6 is 0 Å². The minimum atomic E-state index is -4.52. The van der Waals surface area contributed by atoms with Crippen molar-refractivity contribution in [1.82, 2.24) is 15.3 Å². The lowest BCUT2D eigenvalue weighted by molar-refractivity contribution is -0.142. The second-order valence-electron chi connectivity index (χ2n) is 4.82. The Labute approximate surface area is 118 Å². The van der Waals surface area contributed by atoms with E-state index in [-0.39, 0.29) is 30.9 Å². The number of rotatable bonds is 2. The topological polar surface area (TPSA) is 37.8 Å². The molecule has 0 saturated heterocycles. The fraction of sp³-hybridized carbons (Fsp3) is 0.286. The van der Waals surface area contributed by atoms with Crippen molar-refractivity contribution in [3.05, 3.63) is 58.4 Å². The highest BCUT2D eigenvalue weighted by Gasteiger charge is 2.38. The second-order valence-corrected chi connectivity index (χ2v) is 4.82. The predicted octanol–water partition coefficient (Wildman–Crippen LogP) is 2.83. The average Bonchev–Trinajstić information content (AvgIpc) is 2.84. The maximum Gasteiger partial charge on any atom is 0.433 e. The van der Waals surface area contributed by atoms with Gasteiger partial charge in [0.25, 0.3) is 0 Å². The molecule has 0 saturated carbocycles. The van der Waals surface area contributed by atoms with Crippen LogP contribution in [-0.2, 0) is 25.7 Å². The van der Waals surface area contributed by atoms with E-state index >= 15 is 0 Å². The van der Waals surface area contributed by atoms with Crippen molar-refractivity contribution in [2.45, 2.75) is 25.7 Å². The summed E-state index contributed by atoms with van der Waals surface area (Å²) in [5.41, 5.74) is 0.104. The minimum Gasteiger partial charge on any atom is -0.307 e. The molecule has 1 aromatic carbocycles. The quantitative estimate of drug-likeness (QED) is 0.866. The van der Waals surface area contributed by atoms with Crippen LogP contribution in [0.4, 0.5) is 17.6 Å². The van der Waals surface area contributed by atoms with Crippen LogP contribution < -0.4 is 5.32 Å². The van der Waals surface area contributed by atoms with Crippen LogP contribution in [0.5, 0.6) is 0 Å². The van der Waals surface area contributed by atoms with E-state index < -0.39 is 17.7 Å². The summed E-state index contributed by atoms with van der Waals surface area (Å²) in [5.74, 6) is -0.387. The molecule has 0 aliphatic carbocycles.